The number of carbonyl (C=O) groups excluding carboxylic acids is 1. The maximum absolute atomic E-state index is 13.0. The lowest BCUT2D eigenvalue weighted by Gasteiger charge is -2.28. The molecule has 0 atom stereocenters. The van der Waals surface area contributed by atoms with E-state index in [4.69, 9.17) is 0 Å². The molecule has 5 nitrogen and oxygen atoms in total. The third-order valence-electron chi connectivity index (χ3n) is 5.50. The Kier molecular flexibility index (Phi) is 7.64. The highest BCUT2D eigenvalue weighted by Crippen LogP contribution is 2.29. The zero-order valence-electron chi connectivity index (χ0n) is 18.0. The number of nitrogens with one attached hydrogen (secondary N) is 2. The molecule has 1 amide bonds. The molecule has 29 heavy (non-hydrogen) atoms. The van der Waals surface area contributed by atoms with E-state index in [1.165, 1.54) is 25.7 Å². The van der Waals surface area contributed by atoms with E-state index in [2.05, 4.69) is 40.7 Å². The van der Waals surface area contributed by atoms with Crippen LogP contribution >= 0.6 is 0 Å². The molecule has 0 fully saturated rings. The summed E-state index contributed by atoms with van der Waals surface area (Å²) in [5, 5.41) is 7.05. The van der Waals surface area contributed by atoms with Gasteiger partial charge >= 0.3 is 0 Å². The summed E-state index contributed by atoms with van der Waals surface area (Å²) in [4.78, 5) is 19.2. The van der Waals surface area contributed by atoms with Crippen molar-refractivity contribution in [3.63, 3.8) is 0 Å². The zero-order chi connectivity index (χ0) is 20.6. The van der Waals surface area contributed by atoms with Gasteiger partial charge in [0.15, 0.2) is 0 Å². The van der Waals surface area contributed by atoms with Crippen molar-refractivity contribution in [3.05, 3.63) is 47.8 Å². The molecule has 2 N–H and O–H groups in total. The van der Waals surface area contributed by atoms with Crippen molar-refractivity contribution in [1.29, 1.82) is 0 Å². The summed E-state index contributed by atoms with van der Waals surface area (Å²) in [5.74, 6) is 0.187. The van der Waals surface area contributed by atoms with Crippen LogP contribution in [0, 0.1) is 12.8 Å². The molecule has 0 saturated heterocycles. The average molecular weight is 395 g/mol. The Bertz CT molecular complexity index is 818. The van der Waals surface area contributed by atoms with Crippen molar-refractivity contribution >= 4 is 23.0 Å². The molecule has 0 bridgehead atoms. The van der Waals surface area contributed by atoms with E-state index < -0.39 is 0 Å². The second-order valence-corrected chi connectivity index (χ2v) is 8.25. The van der Waals surface area contributed by atoms with E-state index >= 15 is 0 Å². The van der Waals surface area contributed by atoms with Crippen LogP contribution in [0.3, 0.4) is 0 Å². The maximum Gasteiger partial charge on any atom is 0.229 e. The van der Waals surface area contributed by atoms with Gasteiger partial charge in [-0.05, 0) is 61.7 Å². The number of anilines is 3. The number of hydrogen-bond acceptors (Lipinski definition) is 4. The van der Waals surface area contributed by atoms with Crippen LogP contribution in [0.2, 0.25) is 0 Å². The number of amides is 1. The minimum atomic E-state index is -0.0143. The van der Waals surface area contributed by atoms with Crippen LogP contribution in [0.5, 0.6) is 0 Å². The summed E-state index contributed by atoms with van der Waals surface area (Å²) in [6, 6.07) is 8.33. The molecule has 1 aliphatic rings. The fourth-order valence-corrected chi connectivity index (χ4v) is 3.75. The topological polar surface area (TPSA) is 57.3 Å². The van der Waals surface area contributed by atoms with Gasteiger partial charge in [-0.3, -0.25) is 9.78 Å². The molecule has 0 unspecified atom stereocenters. The van der Waals surface area contributed by atoms with E-state index in [-0.39, 0.29) is 11.8 Å². The van der Waals surface area contributed by atoms with Crippen LogP contribution in [-0.2, 0) is 11.3 Å². The van der Waals surface area contributed by atoms with Gasteiger partial charge < -0.3 is 15.5 Å². The maximum atomic E-state index is 13.0. The quantitative estimate of drug-likeness (QED) is 0.753. The average Bonchev–Trinajstić information content (AvgIpc) is 2.70. The van der Waals surface area contributed by atoms with Crippen molar-refractivity contribution < 1.29 is 4.79 Å². The van der Waals surface area contributed by atoms with Crippen LogP contribution in [0.1, 0.15) is 57.1 Å². The summed E-state index contributed by atoms with van der Waals surface area (Å²) >= 11 is 0. The van der Waals surface area contributed by atoms with Gasteiger partial charge in [-0.25, -0.2) is 0 Å². The first-order valence-corrected chi connectivity index (χ1v) is 10.9. The predicted octanol–water partition coefficient (Wildman–Crippen LogP) is 5.18. The molecule has 2 heterocycles. The lowest BCUT2D eigenvalue weighted by atomic mass is 10.1. The second-order valence-electron chi connectivity index (χ2n) is 8.25. The predicted molar refractivity (Wildman–Crippen MR) is 121 cm³/mol. The highest BCUT2D eigenvalue weighted by Gasteiger charge is 2.21. The molecule has 1 aromatic heterocycles. The monoisotopic (exact) mass is 394 g/mol. The van der Waals surface area contributed by atoms with Crippen LogP contribution in [0.4, 0.5) is 17.1 Å². The van der Waals surface area contributed by atoms with Crippen molar-refractivity contribution in [2.45, 2.75) is 59.4 Å². The normalized spacial score (nSPS) is 15.9. The number of rotatable bonds is 3. The number of fused-ring (bicyclic) bond motifs is 1. The van der Waals surface area contributed by atoms with Gasteiger partial charge in [-0.15, -0.1) is 0 Å². The van der Waals surface area contributed by atoms with Gasteiger partial charge in [0.1, 0.15) is 0 Å². The van der Waals surface area contributed by atoms with Gasteiger partial charge in [0.25, 0.3) is 0 Å². The fourth-order valence-electron chi connectivity index (χ4n) is 3.75. The first-order valence-electron chi connectivity index (χ1n) is 10.9. The molecule has 1 aliphatic heterocycles. The van der Waals surface area contributed by atoms with Crippen molar-refractivity contribution in [1.82, 2.24) is 10.3 Å². The molecule has 0 spiro atoms. The van der Waals surface area contributed by atoms with Crippen molar-refractivity contribution in [3.8, 4) is 0 Å². The number of pyridine rings is 1. The van der Waals surface area contributed by atoms with Crippen molar-refractivity contribution in [2.75, 3.05) is 23.3 Å². The van der Waals surface area contributed by atoms with Gasteiger partial charge in [0.2, 0.25) is 5.91 Å². The largest absolute Gasteiger partial charge is 0.354 e. The van der Waals surface area contributed by atoms with E-state index in [0.717, 1.165) is 54.2 Å². The van der Waals surface area contributed by atoms with Crippen LogP contribution < -0.4 is 15.5 Å². The van der Waals surface area contributed by atoms with E-state index in [9.17, 15) is 4.79 Å². The number of carbonyl (C=O) groups is 1. The second kappa shape index (κ2) is 10.4. The molecule has 3 rings (SSSR count). The third kappa shape index (κ3) is 5.80. The molecule has 0 radical (unpaired) electrons. The number of aromatic nitrogens is 1. The SMILES string of the molecule is Cc1ccncc1Nc1ccc2c(c1)CNCCCCCCCN2C(=O)C(C)C. The van der Waals surface area contributed by atoms with Crippen molar-refractivity contribution in [2.24, 2.45) is 5.92 Å². The molecule has 0 saturated carbocycles. The lowest BCUT2D eigenvalue weighted by Crippen LogP contribution is -2.36. The van der Waals surface area contributed by atoms with Gasteiger partial charge in [0.05, 0.1) is 11.9 Å². The number of aryl methyl sites for hydroxylation is 1. The van der Waals surface area contributed by atoms with Crippen LogP contribution in [-0.4, -0.2) is 24.0 Å². The molecule has 1 aromatic carbocycles. The number of benzene rings is 1. The van der Waals surface area contributed by atoms with Crippen LogP contribution in [0.15, 0.2) is 36.7 Å². The summed E-state index contributed by atoms with van der Waals surface area (Å²) in [6.45, 7) is 8.60. The molecule has 5 heteroatoms. The minimum absolute atomic E-state index is 0.0143. The number of nitrogens with zero attached hydrogens (tertiary/aromatic N) is 2. The van der Waals surface area contributed by atoms with Crippen LogP contribution in [0.25, 0.3) is 0 Å². The van der Waals surface area contributed by atoms with Gasteiger partial charge in [0, 0.05) is 36.6 Å². The van der Waals surface area contributed by atoms with Gasteiger partial charge in [-0.1, -0.05) is 33.1 Å². The standard InChI is InChI=1S/C24H34N4O/c1-18(2)24(29)28-14-8-6-4-5-7-12-25-16-20-15-21(9-10-23(20)28)27-22-17-26-13-11-19(22)3/h9-11,13,15,17-18,25,27H,4-8,12,14,16H2,1-3H3. The smallest absolute Gasteiger partial charge is 0.229 e. The van der Waals surface area contributed by atoms with E-state index in [1.807, 2.05) is 31.0 Å². The molecular formula is C24H34N4O. The summed E-state index contributed by atoms with van der Waals surface area (Å²) in [7, 11) is 0. The summed E-state index contributed by atoms with van der Waals surface area (Å²) in [5.41, 5.74) is 5.37. The molecular weight excluding hydrogens is 360 g/mol. The number of hydrogen-bond donors (Lipinski definition) is 2. The fraction of sp³-hybridized carbons (Fsp3) is 0.500. The first kappa shape index (κ1) is 21.3. The Hall–Kier alpha value is -2.40. The minimum Gasteiger partial charge on any atom is -0.354 e. The molecule has 156 valence electrons. The first-order chi connectivity index (χ1) is 14.1. The van der Waals surface area contributed by atoms with E-state index in [0.29, 0.717) is 0 Å². The Morgan fingerprint density at radius 2 is 1.93 bits per heavy atom. The summed E-state index contributed by atoms with van der Waals surface area (Å²) in [6.07, 6.45) is 9.58. The Labute approximate surface area is 174 Å². The Balaban J connectivity index is 1.92. The van der Waals surface area contributed by atoms with E-state index in [1.54, 1.807) is 6.20 Å². The third-order valence-corrected chi connectivity index (χ3v) is 5.50. The summed E-state index contributed by atoms with van der Waals surface area (Å²) < 4.78 is 0. The van der Waals surface area contributed by atoms with Gasteiger partial charge in [-0.2, -0.15) is 0 Å². The Morgan fingerprint density at radius 3 is 2.72 bits per heavy atom. The molecule has 0 aliphatic carbocycles. The highest BCUT2D eigenvalue weighted by molar-refractivity contribution is 5.95. The zero-order valence-corrected chi connectivity index (χ0v) is 18.0. The molecule has 2 aromatic rings. The highest BCUT2D eigenvalue weighted by atomic mass is 16.2. The lowest BCUT2D eigenvalue weighted by molar-refractivity contribution is -0.121. The Morgan fingerprint density at radius 1 is 1.14 bits per heavy atom.